The quantitative estimate of drug-likeness (QED) is 0.796. The van der Waals surface area contributed by atoms with Crippen molar-refractivity contribution in [2.24, 2.45) is 5.92 Å². The van der Waals surface area contributed by atoms with Crippen molar-refractivity contribution in [3.05, 3.63) is 41.6 Å². The summed E-state index contributed by atoms with van der Waals surface area (Å²) in [6, 6.07) is 6.67. The average Bonchev–Trinajstić information content (AvgIpc) is 3.55. The number of hydrogen-bond donors (Lipinski definition) is 1. The fourth-order valence-electron chi connectivity index (χ4n) is 4.18. The van der Waals surface area contributed by atoms with Crippen LogP contribution in [0, 0.1) is 5.92 Å². The van der Waals surface area contributed by atoms with E-state index in [1.807, 2.05) is 27.9 Å². The highest BCUT2D eigenvalue weighted by Crippen LogP contribution is 2.47. The molecule has 3 aliphatic rings. The van der Waals surface area contributed by atoms with E-state index in [-0.39, 0.29) is 18.3 Å². The molecular weight excluding hydrogens is 376 g/mol. The molecule has 3 fully saturated rings. The molecule has 6 nitrogen and oxygen atoms in total. The summed E-state index contributed by atoms with van der Waals surface area (Å²) in [6.07, 6.45) is 7.59. The van der Waals surface area contributed by atoms with Gasteiger partial charge in [-0.25, -0.2) is 0 Å². The number of piperidine rings is 1. The van der Waals surface area contributed by atoms with Crippen LogP contribution in [0.3, 0.4) is 0 Å². The Morgan fingerprint density at radius 2 is 2.14 bits per heavy atom. The third kappa shape index (κ3) is 3.98. The third-order valence-corrected chi connectivity index (χ3v) is 6.20. The standard InChI is InChI=1S/C21H28N4O2.ClH/c1-14-11-18(14)20-7-6-17(27-20)13-24(15-4-5-15)21(26)19-8-10-25(23-19)16-3-2-9-22-12-16;/h6-8,10,14-16,18,22H,2-5,9,11-13H2,1H3;1H. The Morgan fingerprint density at radius 1 is 1.32 bits per heavy atom. The number of carbonyl (C=O) groups excluding carboxylic acids is 1. The molecule has 0 spiro atoms. The first-order chi connectivity index (χ1) is 13.2. The smallest absolute Gasteiger partial charge is 0.275 e. The van der Waals surface area contributed by atoms with Crippen LogP contribution in [0.1, 0.15) is 73.0 Å². The predicted molar refractivity (Wildman–Crippen MR) is 109 cm³/mol. The third-order valence-electron chi connectivity index (χ3n) is 6.20. The number of halogens is 1. The maximum absolute atomic E-state index is 13.1. The Labute approximate surface area is 172 Å². The van der Waals surface area contributed by atoms with Crippen molar-refractivity contribution in [1.29, 1.82) is 0 Å². The average molecular weight is 405 g/mol. The van der Waals surface area contributed by atoms with Crippen molar-refractivity contribution < 1.29 is 9.21 Å². The summed E-state index contributed by atoms with van der Waals surface area (Å²) in [5.41, 5.74) is 0.551. The summed E-state index contributed by atoms with van der Waals surface area (Å²) in [5, 5.41) is 8.02. The summed E-state index contributed by atoms with van der Waals surface area (Å²) in [4.78, 5) is 15.1. The van der Waals surface area contributed by atoms with Crippen LogP contribution in [0.15, 0.2) is 28.8 Å². The second-order valence-corrected chi connectivity index (χ2v) is 8.47. The lowest BCUT2D eigenvalue weighted by molar-refractivity contribution is 0.0709. The largest absolute Gasteiger partial charge is 0.464 e. The molecule has 0 aromatic carbocycles. The molecule has 1 saturated heterocycles. The zero-order chi connectivity index (χ0) is 18.4. The lowest BCUT2D eigenvalue weighted by Gasteiger charge is -2.23. The van der Waals surface area contributed by atoms with Crippen molar-refractivity contribution in [2.75, 3.05) is 13.1 Å². The second kappa shape index (κ2) is 7.91. The van der Waals surface area contributed by atoms with Crippen LogP contribution in [0.25, 0.3) is 0 Å². The first-order valence-corrected chi connectivity index (χ1v) is 10.3. The Hall–Kier alpha value is -1.79. The summed E-state index contributed by atoms with van der Waals surface area (Å²) in [5.74, 6) is 3.29. The molecule has 2 aromatic heterocycles. The lowest BCUT2D eigenvalue weighted by Crippen LogP contribution is -2.34. The zero-order valence-corrected chi connectivity index (χ0v) is 17.2. The summed E-state index contributed by atoms with van der Waals surface area (Å²) in [7, 11) is 0. The van der Waals surface area contributed by atoms with Crippen molar-refractivity contribution in [3.8, 4) is 0 Å². The first-order valence-electron chi connectivity index (χ1n) is 10.3. The molecule has 3 unspecified atom stereocenters. The van der Waals surface area contributed by atoms with E-state index in [2.05, 4.69) is 23.4 Å². The summed E-state index contributed by atoms with van der Waals surface area (Å²) >= 11 is 0. The highest BCUT2D eigenvalue weighted by atomic mass is 35.5. The van der Waals surface area contributed by atoms with Crippen LogP contribution in [0.5, 0.6) is 0 Å². The summed E-state index contributed by atoms with van der Waals surface area (Å²) < 4.78 is 8.01. The van der Waals surface area contributed by atoms with Gasteiger partial charge in [-0.3, -0.25) is 9.48 Å². The number of carbonyl (C=O) groups is 1. The lowest BCUT2D eigenvalue weighted by atomic mass is 10.1. The van der Waals surface area contributed by atoms with Gasteiger partial charge in [0.15, 0.2) is 0 Å². The van der Waals surface area contributed by atoms with Gasteiger partial charge in [-0.05, 0) is 62.8 Å². The van der Waals surface area contributed by atoms with E-state index in [9.17, 15) is 4.79 Å². The fourth-order valence-corrected chi connectivity index (χ4v) is 4.18. The number of amides is 1. The van der Waals surface area contributed by atoms with Crippen LogP contribution < -0.4 is 5.32 Å². The molecule has 7 heteroatoms. The van der Waals surface area contributed by atoms with Gasteiger partial charge in [0, 0.05) is 24.7 Å². The predicted octanol–water partition coefficient (Wildman–Crippen LogP) is 3.75. The van der Waals surface area contributed by atoms with Crippen LogP contribution >= 0.6 is 12.4 Å². The van der Waals surface area contributed by atoms with Crippen molar-refractivity contribution in [1.82, 2.24) is 20.0 Å². The number of rotatable bonds is 6. The van der Waals surface area contributed by atoms with Crippen LogP contribution in [0.2, 0.25) is 0 Å². The van der Waals surface area contributed by atoms with E-state index in [0.717, 1.165) is 56.2 Å². The zero-order valence-electron chi connectivity index (χ0n) is 16.3. The fraction of sp³-hybridized carbons (Fsp3) is 0.619. The van der Waals surface area contributed by atoms with Gasteiger partial charge < -0.3 is 14.6 Å². The molecule has 2 aromatic rings. The molecule has 2 aliphatic carbocycles. The molecule has 0 bridgehead atoms. The number of nitrogens with one attached hydrogen (secondary N) is 1. The Morgan fingerprint density at radius 3 is 2.82 bits per heavy atom. The van der Waals surface area contributed by atoms with Gasteiger partial charge in [-0.1, -0.05) is 6.92 Å². The van der Waals surface area contributed by atoms with E-state index in [4.69, 9.17) is 4.42 Å². The molecule has 3 atom stereocenters. The van der Waals surface area contributed by atoms with E-state index in [1.54, 1.807) is 0 Å². The molecule has 1 N–H and O–H groups in total. The molecule has 5 rings (SSSR count). The highest BCUT2D eigenvalue weighted by Gasteiger charge is 2.38. The minimum absolute atomic E-state index is 0. The van der Waals surface area contributed by atoms with Gasteiger partial charge in [0.25, 0.3) is 5.91 Å². The highest BCUT2D eigenvalue weighted by molar-refractivity contribution is 5.92. The Bertz CT molecular complexity index is 822. The molecule has 2 saturated carbocycles. The molecule has 28 heavy (non-hydrogen) atoms. The number of aromatic nitrogens is 2. The van der Waals surface area contributed by atoms with Crippen molar-refractivity contribution in [3.63, 3.8) is 0 Å². The molecule has 1 aliphatic heterocycles. The van der Waals surface area contributed by atoms with Crippen LogP contribution in [0.4, 0.5) is 0 Å². The minimum atomic E-state index is 0. The van der Waals surface area contributed by atoms with E-state index >= 15 is 0 Å². The van der Waals surface area contributed by atoms with Crippen molar-refractivity contribution in [2.45, 2.75) is 63.6 Å². The van der Waals surface area contributed by atoms with Crippen molar-refractivity contribution >= 4 is 18.3 Å². The monoisotopic (exact) mass is 404 g/mol. The molecule has 3 heterocycles. The molecular formula is C21H29ClN4O2. The molecule has 1 amide bonds. The van der Waals surface area contributed by atoms with E-state index < -0.39 is 0 Å². The van der Waals surface area contributed by atoms with Gasteiger partial charge in [-0.15, -0.1) is 12.4 Å². The van der Waals surface area contributed by atoms with Gasteiger partial charge in [-0.2, -0.15) is 5.10 Å². The van der Waals surface area contributed by atoms with E-state index in [0.29, 0.717) is 30.2 Å². The number of nitrogens with zero attached hydrogens (tertiary/aromatic N) is 3. The Kier molecular flexibility index (Phi) is 5.52. The second-order valence-electron chi connectivity index (χ2n) is 8.47. The van der Waals surface area contributed by atoms with Gasteiger partial charge in [0.05, 0.1) is 12.6 Å². The van der Waals surface area contributed by atoms with E-state index in [1.165, 1.54) is 6.42 Å². The first kappa shape index (κ1) is 19.5. The minimum Gasteiger partial charge on any atom is -0.464 e. The van der Waals surface area contributed by atoms with Crippen LogP contribution in [-0.4, -0.2) is 39.7 Å². The molecule has 152 valence electrons. The van der Waals surface area contributed by atoms with Gasteiger partial charge in [0.2, 0.25) is 0 Å². The number of hydrogen-bond acceptors (Lipinski definition) is 4. The van der Waals surface area contributed by atoms with Gasteiger partial charge in [0.1, 0.15) is 17.2 Å². The van der Waals surface area contributed by atoms with Crippen LogP contribution in [-0.2, 0) is 6.54 Å². The summed E-state index contributed by atoms with van der Waals surface area (Å²) in [6.45, 7) is 4.80. The topological polar surface area (TPSA) is 63.3 Å². The van der Waals surface area contributed by atoms with Gasteiger partial charge >= 0.3 is 0 Å². The normalized spacial score (nSPS) is 26.5. The Balaban J connectivity index is 0.00000192. The number of furan rings is 1. The maximum Gasteiger partial charge on any atom is 0.275 e. The maximum atomic E-state index is 13.1. The molecule has 0 radical (unpaired) electrons. The SMILES string of the molecule is CC1CC1c1ccc(CN(C(=O)c2ccn(C3CCCNC3)n2)C2CC2)o1.Cl.